The van der Waals surface area contributed by atoms with E-state index in [1.165, 1.54) is 50.8 Å². The van der Waals surface area contributed by atoms with Crippen molar-refractivity contribution in [3.63, 3.8) is 0 Å². The summed E-state index contributed by atoms with van der Waals surface area (Å²) < 4.78 is 2.88. The van der Waals surface area contributed by atoms with Crippen molar-refractivity contribution in [1.29, 1.82) is 0 Å². The maximum atomic E-state index is 2.46. The van der Waals surface area contributed by atoms with E-state index in [1.807, 2.05) is 45.3 Å². The second-order valence-corrected chi connectivity index (χ2v) is 11.9. The van der Waals surface area contributed by atoms with Gasteiger partial charge in [-0.15, -0.1) is 45.3 Å². The average molecular weight is 439 g/mol. The van der Waals surface area contributed by atoms with Crippen LogP contribution in [0.1, 0.15) is 49.3 Å². The van der Waals surface area contributed by atoms with Gasteiger partial charge in [-0.3, -0.25) is 0 Å². The zero-order chi connectivity index (χ0) is 19.4. The van der Waals surface area contributed by atoms with Crippen molar-refractivity contribution in [3.05, 3.63) is 56.9 Å². The monoisotopic (exact) mass is 438 g/mol. The second kappa shape index (κ2) is 7.10. The van der Waals surface area contributed by atoms with Gasteiger partial charge in [0.05, 0.1) is 0 Å². The van der Waals surface area contributed by atoms with E-state index >= 15 is 0 Å². The van der Waals surface area contributed by atoms with Gasteiger partial charge in [-0.1, -0.05) is 33.8 Å². The van der Waals surface area contributed by atoms with E-state index in [2.05, 4.69) is 74.9 Å². The molecule has 0 nitrogen and oxygen atoms in total. The minimum Gasteiger partial charge on any atom is -0.144 e. The molecule has 4 heterocycles. The highest BCUT2D eigenvalue weighted by Crippen LogP contribution is 2.51. The van der Waals surface area contributed by atoms with Gasteiger partial charge in [-0.05, 0) is 52.9 Å². The van der Waals surface area contributed by atoms with Crippen molar-refractivity contribution in [2.24, 2.45) is 0 Å². The fourth-order valence-corrected chi connectivity index (χ4v) is 7.93. The topological polar surface area (TPSA) is 0 Å². The van der Waals surface area contributed by atoms with Crippen LogP contribution in [0.4, 0.5) is 0 Å². The number of hydrogen-bond donors (Lipinski definition) is 0. The molecule has 0 fully saturated rings. The van der Waals surface area contributed by atoms with E-state index in [0.29, 0.717) is 11.8 Å². The Morgan fingerprint density at radius 3 is 2.11 bits per heavy atom. The summed E-state index contributed by atoms with van der Waals surface area (Å²) >= 11 is 7.69. The van der Waals surface area contributed by atoms with Gasteiger partial charge in [-0.25, -0.2) is 0 Å². The summed E-state index contributed by atoms with van der Waals surface area (Å²) in [5, 5.41) is 7.30. The molecule has 0 spiro atoms. The molecule has 142 valence electrons. The van der Waals surface area contributed by atoms with Crippen molar-refractivity contribution in [1.82, 2.24) is 0 Å². The van der Waals surface area contributed by atoms with Crippen LogP contribution in [0.3, 0.4) is 0 Å². The van der Waals surface area contributed by atoms with Crippen molar-refractivity contribution in [2.45, 2.75) is 39.5 Å². The van der Waals surface area contributed by atoms with Crippen LogP contribution in [-0.2, 0) is 0 Å². The zero-order valence-corrected chi connectivity index (χ0v) is 19.7. The molecule has 4 aromatic heterocycles. The smallest absolute Gasteiger partial charge is 0.0445 e. The Balaban J connectivity index is 1.91. The molecule has 0 unspecified atom stereocenters. The van der Waals surface area contributed by atoms with E-state index < -0.39 is 0 Å². The third-order valence-corrected chi connectivity index (χ3v) is 9.86. The second-order valence-electron chi connectivity index (χ2n) is 7.79. The van der Waals surface area contributed by atoms with Crippen LogP contribution in [0.15, 0.2) is 47.2 Å². The van der Waals surface area contributed by atoms with Gasteiger partial charge in [0, 0.05) is 50.8 Å². The van der Waals surface area contributed by atoms with Gasteiger partial charge in [0.15, 0.2) is 0 Å². The summed E-state index contributed by atoms with van der Waals surface area (Å²) in [5.41, 5.74) is 2.88. The van der Waals surface area contributed by atoms with E-state index in [0.717, 1.165) is 0 Å². The van der Waals surface area contributed by atoms with E-state index in [1.54, 1.807) is 0 Å². The SMILES string of the molecule is CC(C)c1ccc(-c2c3cc(C(C)C)sc3c(-c3cccs3)c3ccsc23)s1. The molecule has 1 aromatic carbocycles. The Bertz CT molecular complexity index is 1260. The van der Waals surface area contributed by atoms with Crippen LogP contribution in [0.5, 0.6) is 0 Å². The predicted molar refractivity (Wildman–Crippen MR) is 132 cm³/mol. The molecule has 0 atom stereocenters. The van der Waals surface area contributed by atoms with Crippen LogP contribution in [0, 0.1) is 0 Å². The fourth-order valence-electron chi connectivity index (χ4n) is 3.72. The van der Waals surface area contributed by atoms with Crippen LogP contribution < -0.4 is 0 Å². The maximum Gasteiger partial charge on any atom is 0.0445 e. The molecule has 0 saturated carbocycles. The van der Waals surface area contributed by atoms with Crippen molar-refractivity contribution in [3.8, 4) is 20.9 Å². The first-order chi connectivity index (χ1) is 13.5. The molecule has 4 heteroatoms. The summed E-state index contributed by atoms with van der Waals surface area (Å²) in [6.45, 7) is 9.18. The first-order valence-electron chi connectivity index (χ1n) is 9.65. The first-order valence-corrected chi connectivity index (χ1v) is 13.0. The number of rotatable bonds is 4. The van der Waals surface area contributed by atoms with Gasteiger partial charge < -0.3 is 0 Å². The molecule has 0 aliphatic rings. The van der Waals surface area contributed by atoms with E-state index in [-0.39, 0.29) is 0 Å². The highest BCUT2D eigenvalue weighted by atomic mass is 32.1. The molecule has 0 aliphatic heterocycles. The lowest BCUT2D eigenvalue weighted by Gasteiger charge is -2.09. The van der Waals surface area contributed by atoms with Crippen LogP contribution >= 0.6 is 45.3 Å². The summed E-state index contributed by atoms with van der Waals surface area (Å²) in [4.78, 5) is 5.74. The molecule has 0 bridgehead atoms. The zero-order valence-electron chi connectivity index (χ0n) is 16.4. The molecule has 0 radical (unpaired) electrons. The summed E-state index contributed by atoms with van der Waals surface area (Å²) in [7, 11) is 0. The van der Waals surface area contributed by atoms with Crippen LogP contribution in [-0.4, -0.2) is 0 Å². The average Bonchev–Trinajstić information content (AvgIpc) is 3.45. The Hall–Kier alpha value is -1.46. The number of hydrogen-bond acceptors (Lipinski definition) is 4. The van der Waals surface area contributed by atoms with Crippen molar-refractivity contribution < 1.29 is 0 Å². The van der Waals surface area contributed by atoms with Gasteiger partial charge >= 0.3 is 0 Å². The first kappa shape index (κ1) is 18.6. The Morgan fingerprint density at radius 2 is 1.43 bits per heavy atom. The standard InChI is InChI=1S/C24H22S4/c1-13(2)17-7-8-19(27-17)22-16-12-20(14(3)4)28-24(16)21(18-6-5-10-25-18)15-9-11-26-23(15)22/h5-14H,1-4H3. The van der Waals surface area contributed by atoms with Crippen LogP contribution in [0.25, 0.3) is 41.1 Å². The lowest BCUT2D eigenvalue weighted by Crippen LogP contribution is -1.82. The molecule has 0 aliphatic carbocycles. The predicted octanol–water partition coefficient (Wildman–Crippen LogP) is 9.82. The minimum atomic E-state index is 0.550. The highest BCUT2D eigenvalue weighted by molar-refractivity contribution is 7.23. The number of fused-ring (bicyclic) bond motifs is 2. The third-order valence-electron chi connectivity index (χ3n) is 5.19. The van der Waals surface area contributed by atoms with Crippen LogP contribution in [0.2, 0.25) is 0 Å². The van der Waals surface area contributed by atoms with Crippen molar-refractivity contribution >= 4 is 65.5 Å². The van der Waals surface area contributed by atoms with Gasteiger partial charge in [0.1, 0.15) is 0 Å². The Labute approximate surface area is 182 Å². The molecule has 5 rings (SSSR count). The van der Waals surface area contributed by atoms with Gasteiger partial charge in [0.2, 0.25) is 0 Å². The molecular formula is C24H22S4. The summed E-state index contributed by atoms with van der Waals surface area (Å²) in [5.74, 6) is 1.13. The Kier molecular flexibility index (Phi) is 4.71. The largest absolute Gasteiger partial charge is 0.144 e. The summed E-state index contributed by atoms with van der Waals surface area (Å²) in [6, 6.07) is 13.9. The van der Waals surface area contributed by atoms with Crippen molar-refractivity contribution in [2.75, 3.05) is 0 Å². The molecule has 0 N–H and O–H groups in total. The molecule has 5 aromatic rings. The number of thiophene rings is 4. The number of benzene rings is 1. The fraction of sp³-hybridized carbons (Fsp3) is 0.250. The molecular weight excluding hydrogens is 417 g/mol. The molecule has 28 heavy (non-hydrogen) atoms. The van der Waals surface area contributed by atoms with E-state index in [9.17, 15) is 0 Å². The lowest BCUT2D eigenvalue weighted by molar-refractivity contribution is 0.890. The summed E-state index contributed by atoms with van der Waals surface area (Å²) in [6.07, 6.45) is 0. The minimum absolute atomic E-state index is 0.550. The maximum absolute atomic E-state index is 2.46. The van der Waals surface area contributed by atoms with Gasteiger partial charge in [0.25, 0.3) is 0 Å². The van der Waals surface area contributed by atoms with Gasteiger partial charge in [-0.2, -0.15) is 0 Å². The lowest BCUT2D eigenvalue weighted by atomic mass is 9.99. The van der Waals surface area contributed by atoms with E-state index in [4.69, 9.17) is 0 Å². The molecule has 0 saturated heterocycles. The molecule has 0 amide bonds. The quantitative estimate of drug-likeness (QED) is 0.262. The third kappa shape index (κ3) is 2.89. The highest BCUT2D eigenvalue weighted by Gasteiger charge is 2.22. The Morgan fingerprint density at radius 1 is 0.643 bits per heavy atom. The normalized spacial score (nSPS) is 12.2.